The number of hydrogen-bond acceptors (Lipinski definition) is 5. The zero-order chi connectivity index (χ0) is 16.0. The minimum atomic E-state index is -4.47. The van der Waals surface area contributed by atoms with Crippen molar-refractivity contribution in [2.45, 2.75) is 19.0 Å². The van der Waals surface area contributed by atoms with Crippen LogP contribution in [0.25, 0.3) is 0 Å². The number of nitrogens with one attached hydrogen (secondary N) is 2. The third-order valence-electron chi connectivity index (χ3n) is 2.88. The van der Waals surface area contributed by atoms with E-state index in [4.69, 9.17) is 16.3 Å². The predicted molar refractivity (Wildman–Crippen MR) is 77.3 cm³/mol. The molecule has 1 aromatic heterocycles. The van der Waals surface area contributed by atoms with E-state index in [-0.39, 0.29) is 10.9 Å². The van der Waals surface area contributed by atoms with E-state index in [1.807, 2.05) is 0 Å². The van der Waals surface area contributed by atoms with Crippen molar-refractivity contribution in [3.05, 3.63) is 22.8 Å². The van der Waals surface area contributed by atoms with Crippen LogP contribution in [-0.4, -0.2) is 37.2 Å². The number of aromatic nitrogens is 1. The first-order valence-electron chi connectivity index (χ1n) is 6.84. The summed E-state index contributed by atoms with van der Waals surface area (Å²) in [5.74, 6) is 0.764. The monoisotopic (exact) mass is 336 g/mol. The van der Waals surface area contributed by atoms with E-state index in [2.05, 4.69) is 20.6 Å². The molecule has 0 atom stereocenters. The van der Waals surface area contributed by atoms with Crippen LogP contribution in [-0.2, 0) is 6.18 Å². The maximum Gasteiger partial charge on any atom is 0.417 e. The number of alkyl halides is 3. The SMILES string of the molecule is FC(F)(F)c1cnc(OCCCNC2=NCCCN2)c(Cl)c1. The van der Waals surface area contributed by atoms with Crippen LogP contribution < -0.4 is 15.4 Å². The summed E-state index contributed by atoms with van der Waals surface area (Å²) in [7, 11) is 0. The smallest absolute Gasteiger partial charge is 0.417 e. The molecule has 22 heavy (non-hydrogen) atoms. The third-order valence-corrected chi connectivity index (χ3v) is 3.16. The molecule has 0 unspecified atom stereocenters. The molecule has 9 heteroatoms. The van der Waals surface area contributed by atoms with Crippen molar-refractivity contribution >= 4 is 17.6 Å². The van der Waals surface area contributed by atoms with E-state index in [1.54, 1.807) is 0 Å². The van der Waals surface area contributed by atoms with Crippen LogP contribution in [0, 0.1) is 0 Å². The number of guanidine groups is 1. The van der Waals surface area contributed by atoms with Crippen LogP contribution in [0.1, 0.15) is 18.4 Å². The Balaban J connectivity index is 1.74. The fourth-order valence-corrected chi connectivity index (χ4v) is 2.01. The average molecular weight is 337 g/mol. The topological polar surface area (TPSA) is 58.5 Å². The first-order valence-corrected chi connectivity index (χ1v) is 7.22. The fourth-order valence-electron chi connectivity index (χ4n) is 1.79. The van der Waals surface area contributed by atoms with Crippen molar-refractivity contribution < 1.29 is 17.9 Å². The molecule has 0 amide bonds. The molecule has 0 saturated heterocycles. The number of pyridine rings is 1. The van der Waals surface area contributed by atoms with E-state index in [0.717, 1.165) is 31.5 Å². The summed E-state index contributed by atoms with van der Waals surface area (Å²) >= 11 is 5.74. The Morgan fingerprint density at radius 2 is 2.23 bits per heavy atom. The first-order chi connectivity index (χ1) is 10.5. The first kappa shape index (κ1) is 16.7. The molecule has 2 heterocycles. The molecule has 5 nitrogen and oxygen atoms in total. The summed E-state index contributed by atoms with van der Waals surface area (Å²) in [6.45, 7) is 2.62. The second-order valence-electron chi connectivity index (χ2n) is 4.65. The van der Waals surface area contributed by atoms with Gasteiger partial charge in [-0.15, -0.1) is 0 Å². The molecule has 0 aliphatic carbocycles. The number of ether oxygens (including phenoxy) is 1. The highest BCUT2D eigenvalue weighted by molar-refractivity contribution is 6.31. The van der Waals surface area contributed by atoms with Gasteiger partial charge < -0.3 is 15.4 Å². The Morgan fingerprint density at radius 1 is 1.41 bits per heavy atom. The second kappa shape index (κ2) is 7.53. The van der Waals surface area contributed by atoms with Crippen molar-refractivity contribution in [1.29, 1.82) is 0 Å². The molecular formula is C13H16ClF3N4O. The van der Waals surface area contributed by atoms with Gasteiger partial charge in [0.1, 0.15) is 5.02 Å². The highest BCUT2D eigenvalue weighted by atomic mass is 35.5. The zero-order valence-electron chi connectivity index (χ0n) is 11.7. The van der Waals surface area contributed by atoms with Crippen LogP contribution in [0.2, 0.25) is 5.02 Å². The quantitative estimate of drug-likeness (QED) is 0.811. The molecule has 2 N–H and O–H groups in total. The molecule has 1 aliphatic rings. The van der Waals surface area contributed by atoms with Crippen LogP contribution in [0.5, 0.6) is 5.88 Å². The van der Waals surface area contributed by atoms with Crippen molar-refractivity contribution in [2.75, 3.05) is 26.2 Å². The van der Waals surface area contributed by atoms with Crippen LogP contribution in [0.15, 0.2) is 17.3 Å². The van der Waals surface area contributed by atoms with Crippen molar-refractivity contribution in [3.8, 4) is 5.88 Å². The highest BCUT2D eigenvalue weighted by Crippen LogP contribution is 2.33. The minimum absolute atomic E-state index is 0.00259. The molecule has 0 saturated carbocycles. The van der Waals surface area contributed by atoms with Gasteiger partial charge in [0.25, 0.3) is 0 Å². The maximum absolute atomic E-state index is 12.5. The molecule has 0 aromatic carbocycles. The average Bonchev–Trinajstić information content (AvgIpc) is 2.48. The van der Waals surface area contributed by atoms with E-state index >= 15 is 0 Å². The summed E-state index contributed by atoms with van der Waals surface area (Å²) in [6.07, 6.45) is -2.10. The number of halogens is 4. The van der Waals surface area contributed by atoms with E-state index in [1.165, 1.54) is 0 Å². The summed E-state index contributed by atoms with van der Waals surface area (Å²) in [4.78, 5) is 7.85. The van der Waals surface area contributed by atoms with Gasteiger partial charge in [-0.2, -0.15) is 13.2 Å². The van der Waals surface area contributed by atoms with Crippen molar-refractivity contribution in [1.82, 2.24) is 15.6 Å². The summed E-state index contributed by atoms with van der Waals surface area (Å²) in [5.41, 5.74) is -0.895. The number of hydrogen-bond donors (Lipinski definition) is 2. The molecule has 0 spiro atoms. The van der Waals surface area contributed by atoms with E-state index in [0.29, 0.717) is 25.8 Å². The summed E-state index contributed by atoms with van der Waals surface area (Å²) in [6, 6.07) is 0.808. The lowest BCUT2D eigenvalue weighted by Crippen LogP contribution is -2.41. The molecule has 1 aromatic rings. The number of nitrogens with zero attached hydrogens (tertiary/aromatic N) is 2. The summed E-state index contributed by atoms with van der Waals surface area (Å²) in [5, 5.41) is 6.07. The Bertz CT molecular complexity index is 537. The summed E-state index contributed by atoms with van der Waals surface area (Å²) < 4.78 is 42.7. The van der Waals surface area contributed by atoms with Gasteiger partial charge in [-0.3, -0.25) is 4.99 Å². The maximum atomic E-state index is 12.5. The van der Waals surface area contributed by atoms with Gasteiger partial charge in [0.2, 0.25) is 5.88 Å². The van der Waals surface area contributed by atoms with Gasteiger partial charge in [-0.05, 0) is 18.9 Å². The Hall–Kier alpha value is -1.70. The lowest BCUT2D eigenvalue weighted by Gasteiger charge is -2.16. The number of rotatable bonds is 5. The second-order valence-corrected chi connectivity index (χ2v) is 5.06. The normalized spacial score (nSPS) is 15.0. The van der Waals surface area contributed by atoms with Crippen LogP contribution >= 0.6 is 11.6 Å². The molecule has 0 radical (unpaired) electrons. The highest BCUT2D eigenvalue weighted by Gasteiger charge is 2.31. The van der Waals surface area contributed by atoms with Gasteiger partial charge in [-0.1, -0.05) is 11.6 Å². The van der Waals surface area contributed by atoms with Gasteiger partial charge in [-0.25, -0.2) is 4.98 Å². The fraction of sp³-hybridized carbons (Fsp3) is 0.538. The molecular weight excluding hydrogens is 321 g/mol. The molecule has 0 bridgehead atoms. The largest absolute Gasteiger partial charge is 0.477 e. The lowest BCUT2D eigenvalue weighted by molar-refractivity contribution is -0.137. The third kappa shape index (κ3) is 4.94. The lowest BCUT2D eigenvalue weighted by atomic mass is 10.3. The van der Waals surface area contributed by atoms with Gasteiger partial charge in [0, 0.05) is 25.8 Å². The van der Waals surface area contributed by atoms with Gasteiger partial charge in [0.05, 0.1) is 12.2 Å². The van der Waals surface area contributed by atoms with Crippen molar-refractivity contribution in [2.24, 2.45) is 4.99 Å². The van der Waals surface area contributed by atoms with Gasteiger partial charge in [0.15, 0.2) is 5.96 Å². The molecule has 0 fully saturated rings. The Kier molecular flexibility index (Phi) is 5.70. The Labute approximate surface area is 130 Å². The van der Waals surface area contributed by atoms with Crippen LogP contribution in [0.4, 0.5) is 13.2 Å². The number of aliphatic imine (C=N–C) groups is 1. The van der Waals surface area contributed by atoms with Crippen molar-refractivity contribution in [3.63, 3.8) is 0 Å². The van der Waals surface area contributed by atoms with Gasteiger partial charge >= 0.3 is 6.18 Å². The molecule has 2 rings (SSSR count). The van der Waals surface area contributed by atoms with E-state index < -0.39 is 11.7 Å². The van der Waals surface area contributed by atoms with E-state index in [9.17, 15) is 13.2 Å². The standard InChI is InChI=1S/C13H16ClF3N4O/c14-10-7-9(13(15,16)17)8-21-11(10)22-6-2-5-20-12-18-3-1-4-19-12/h7-8H,1-6H2,(H2,18,19,20). The predicted octanol–water partition coefficient (Wildman–Crippen LogP) is 2.46. The molecule has 1 aliphatic heterocycles. The minimum Gasteiger partial charge on any atom is -0.477 e. The molecule has 122 valence electrons. The zero-order valence-corrected chi connectivity index (χ0v) is 12.5. The Morgan fingerprint density at radius 3 is 2.86 bits per heavy atom. The van der Waals surface area contributed by atoms with Crippen LogP contribution in [0.3, 0.4) is 0 Å².